The Morgan fingerprint density at radius 2 is 1.92 bits per heavy atom. The van der Waals surface area contributed by atoms with E-state index in [9.17, 15) is 4.79 Å². The third-order valence-electron chi connectivity index (χ3n) is 2.09. The highest BCUT2D eigenvalue weighted by Crippen LogP contribution is 2.00. The van der Waals surface area contributed by atoms with E-state index in [0.29, 0.717) is 19.6 Å². The number of amides is 1. The lowest BCUT2D eigenvalue weighted by atomic mass is 10.3. The van der Waals surface area contributed by atoms with Gasteiger partial charge in [0, 0.05) is 39.3 Å². The van der Waals surface area contributed by atoms with Gasteiger partial charge in [0.15, 0.2) is 0 Å². The van der Waals surface area contributed by atoms with Crippen LogP contribution in [0.25, 0.3) is 0 Å². The van der Waals surface area contributed by atoms with E-state index in [4.69, 9.17) is 10.8 Å². The van der Waals surface area contributed by atoms with Gasteiger partial charge in [-0.1, -0.05) is 0 Å². The van der Waals surface area contributed by atoms with Crippen molar-refractivity contribution in [2.75, 3.05) is 39.3 Å². The van der Waals surface area contributed by atoms with Gasteiger partial charge in [-0.05, 0) is 0 Å². The van der Waals surface area contributed by atoms with Crippen LogP contribution >= 0.6 is 0 Å². The Morgan fingerprint density at radius 1 is 1.33 bits per heavy atom. The van der Waals surface area contributed by atoms with Gasteiger partial charge in [0.25, 0.3) is 0 Å². The second kappa shape index (κ2) is 4.27. The maximum absolute atomic E-state index is 10.5. The summed E-state index contributed by atoms with van der Waals surface area (Å²) in [5.41, 5.74) is 5.38. The van der Waals surface area contributed by atoms with Crippen molar-refractivity contribution in [3.05, 3.63) is 0 Å². The summed E-state index contributed by atoms with van der Waals surface area (Å²) in [6.45, 7) is 4.35. The topological polar surface area (TPSA) is 69.8 Å². The summed E-state index contributed by atoms with van der Waals surface area (Å²) in [6, 6.07) is 0. The number of carbonyl (C=O) groups is 1. The highest BCUT2D eigenvalue weighted by atomic mass is 16.4. The second-order valence-electron chi connectivity index (χ2n) is 2.90. The summed E-state index contributed by atoms with van der Waals surface area (Å²) in [7, 11) is 0. The SMILES string of the molecule is NCCN1CCN(C(=O)O)CC1. The number of rotatable bonds is 2. The van der Waals surface area contributed by atoms with E-state index in [0.717, 1.165) is 19.6 Å². The smallest absolute Gasteiger partial charge is 0.407 e. The Morgan fingerprint density at radius 3 is 2.33 bits per heavy atom. The van der Waals surface area contributed by atoms with Gasteiger partial charge in [0.1, 0.15) is 0 Å². The molecule has 0 bridgehead atoms. The Kier molecular flexibility index (Phi) is 3.31. The molecule has 0 aromatic carbocycles. The highest BCUT2D eigenvalue weighted by Gasteiger charge is 2.19. The first-order valence-corrected chi connectivity index (χ1v) is 4.14. The number of carboxylic acid groups (broad SMARTS) is 1. The molecule has 0 spiro atoms. The zero-order chi connectivity index (χ0) is 8.97. The molecule has 1 saturated heterocycles. The van der Waals surface area contributed by atoms with Gasteiger partial charge < -0.3 is 15.7 Å². The fourth-order valence-corrected chi connectivity index (χ4v) is 1.35. The van der Waals surface area contributed by atoms with E-state index in [2.05, 4.69) is 4.90 Å². The molecule has 0 aromatic heterocycles. The van der Waals surface area contributed by atoms with Gasteiger partial charge in [-0.25, -0.2) is 4.79 Å². The normalized spacial score (nSPS) is 19.6. The van der Waals surface area contributed by atoms with Crippen molar-refractivity contribution in [1.82, 2.24) is 9.80 Å². The van der Waals surface area contributed by atoms with Crippen LogP contribution in [0.2, 0.25) is 0 Å². The standard InChI is InChI=1S/C7H15N3O2/c8-1-2-9-3-5-10(6-4-9)7(11)12/h1-6,8H2,(H,11,12). The molecule has 1 aliphatic rings. The number of hydrogen-bond donors (Lipinski definition) is 2. The molecule has 0 aromatic rings. The molecular weight excluding hydrogens is 158 g/mol. The van der Waals surface area contributed by atoms with E-state index in [1.165, 1.54) is 4.90 Å². The lowest BCUT2D eigenvalue weighted by molar-refractivity contribution is 0.107. The third-order valence-corrected chi connectivity index (χ3v) is 2.09. The molecule has 1 rings (SSSR count). The fraction of sp³-hybridized carbons (Fsp3) is 0.857. The van der Waals surface area contributed by atoms with Crippen molar-refractivity contribution in [2.24, 2.45) is 5.73 Å². The minimum absolute atomic E-state index is 0.606. The number of hydrogen-bond acceptors (Lipinski definition) is 3. The van der Waals surface area contributed by atoms with Crippen molar-refractivity contribution in [3.63, 3.8) is 0 Å². The molecule has 1 aliphatic heterocycles. The molecule has 1 fully saturated rings. The predicted octanol–water partition coefficient (Wildman–Crippen LogP) is -0.759. The van der Waals surface area contributed by atoms with Crippen LogP contribution in [-0.4, -0.2) is 60.3 Å². The first-order valence-electron chi connectivity index (χ1n) is 4.14. The van der Waals surface area contributed by atoms with Crippen LogP contribution < -0.4 is 5.73 Å². The van der Waals surface area contributed by atoms with E-state index in [1.54, 1.807) is 0 Å². The van der Waals surface area contributed by atoms with Crippen LogP contribution in [0.15, 0.2) is 0 Å². The quantitative estimate of drug-likeness (QED) is 0.576. The zero-order valence-electron chi connectivity index (χ0n) is 7.07. The van der Waals surface area contributed by atoms with E-state index >= 15 is 0 Å². The molecule has 70 valence electrons. The molecule has 12 heavy (non-hydrogen) atoms. The summed E-state index contributed by atoms with van der Waals surface area (Å²) < 4.78 is 0. The Hall–Kier alpha value is -0.810. The molecule has 0 unspecified atom stereocenters. The summed E-state index contributed by atoms with van der Waals surface area (Å²) in [5, 5.41) is 8.64. The Bertz CT molecular complexity index is 155. The predicted molar refractivity (Wildman–Crippen MR) is 45.1 cm³/mol. The van der Waals surface area contributed by atoms with Crippen LogP contribution in [0.3, 0.4) is 0 Å². The summed E-state index contributed by atoms with van der Waals surface area (Å²) >= 11 is 0. The van der Waals surface area contributed by atoms with Gasteiger partial charge in [-0.15, -0.1) is 0 Å². The van der Waals surface area contributed by atoms with Crippen LogP contribution in [0.5, 0.6) is 0 Å². The summed E-state index contributed by atoms with van der Waals surface area (Å²) in [5.74, 6) is 0. The van der Waals surface area contributed by atoms with Gasteiger partial charge in [-0.3, -0.25) is 4.90 Å². The molecule has 0 aliphatic carbocycles. The van der Waals surface area contributed by atoms with Crippen LogP contribution in [0.4, 0.5) is 4.79 Å². The van der Waals surface area contributed by atoms with Gasteiger partial charge in [0.2, 0.25) is 0 Å². The number of piperazine rings is 1. The molecule has 0 saturated carbocycles. The van der Waals surface area contributed by atoms with Crippen LogP contribution in [0, 0.1) is 0 Å². The minimum Gasteiger partial charge on any atom is -0.465 e. The van der Waals surface area contributed by atoms with Crippen molar-refractivity contribution in [1.29, 1.82) is 0 Å². The number of nitrogens with two attached hydrogens (primary N) is 1. The molecule has 0 radical (unpaired) electrons. The molecular formula is C7H15N3O2. The lowest BCUT2D eigenvalue weighted by Crippen LogP contribution is -2.49. The minimum atomic E-state index is -0.817. The molecule has 3 N–H and O–H groups in total. The Labute approximate surface area is 71.7 Å². The van der Waals surface area contributed by atoms with Crippen molar-refractivity contribution in [2.45, 2.75) is 0 Å². The molecule has 1 amide bonds. The largest absolute Gasteiger partial charge is 0.465 e. The zero-order valence-corrected chi connectivity index (χ0v) is 7.07. The summed E-state index contributed by atoms with van der Waals surface area (Å²) in [4.78, 5) is 14.1. The van der Waals surface area contributed by atoms with Crippen molar-refractivity contribution in [3.8, 4) is 0 Å². The molecule has 0 atom stereocenters. The van der Waals surface area contributed by atoms with E-state index < -0.39 is 6.09 Å². The lowest BCUT2D eigenvalue weighted by Gasteiger charge is -2.32. The maximum Gasteiger partial charge on any atom is 0.407 e. The fourth-order valence-electron chi connectivity index (χ4n) is 1.35. The maximum atomic E-state index is 10.5. The first kappa shape index (κ1) is 9.28. The van der Waals surface area contributed by atoms with E-state index in [-0.39, 0.29) is 0 Å². The average molecular weight is 173 g/mol. The first-order chi connectivity index (χ1) is 5.74. The monoisotopic (exact) mass is 173 g/mol. The molecule has 5 heteroatoms. The van der Waals surface area contributed by atoms with Gasteiger partial charge >= 0.3 is 6.09 Å². The second-order valence-corrected chi connectivity index (χ2v) is 2.90. The molecule has 5 nitrogen and oxygen atoms in total. The van der Waals surface area contributed by atoms with E-state index in [1.807, 2.05) is 0 Å². The highest BCUT2D eigenvalue weighted by molar-refractivity contribution is 5.65. The van der Waals surface area contributed by atoms with Crippen molar-refractivity contribution >= 4 is 6.09 Å². The Balaban J connectivity index is 2.25. The third kappa shape index (κ3) is 2.35. The van der Waals surface area contributed by atoms with Gasteiger partial charge in [0.05, 0.1) is 0 Å². The number of nitrogens with zero attached hydrogens (tertiary/aromatic N) is 2. The van der Waals surface area contributed by atoms with Crippen LogP contribution in [-0.2, 0) is 0 Å². The van der Waals surface area contributed by atoms with Crippen LogP contribution in [0.1, 0.15) is 0 Å². The van der Waals surface area contributed by atoms with Crippen molar-refractivity contribution < 1.29 is 9.90 Å². The molecule has 1 heterocycles. The van der Waals surface area contributed by atoms with Gasteiger partial charge in [-0.2, -0.15) is 0 Å². The average Bonchev–Trinajstić information content (AvgIpc) is 2.06. The summed E-state index contributed by atoms with van der Waals surface area (Å²) in [6.07, 6.45) is -0.817.